The monoisotopic (exact) mass is 289 g/mol. The van der Waals surface area contributed by atoms with Crippen LogP contribution in [0, 0.1) is 19.8 Å². The van der Waals surface area contributed by atoms with Gasteiger partial charge in [0.1, 0.15) is 0 Å². The molecule has 1 aromatic carbocycles. The molecule has 4 heteroatoms. The van der Waals surface area contributed by atoms with Gasteiger partial charge in [-0.2, -0.15) is 0 Å². The molecule has 1 aromatic rings. The summed E-state index contributed by atoms with van der Waals surface area (Å²) in [6.45, 7) is 3.84. The number of carbonyl (C=O) groups is 2. The highest BCUT2D eigenvalue weighted by molar-refractivity contribution is 5.85. The van der Waals surface area contributed by atoms with Crippen LogP contribution in [0.3, 0.4) is 0 Å². The predicted octanol–water partition coefficient (Wildman–Crippen LogP) is 3.13. The molecule has 1 aliphatic rings. The molecule has 1 unspecified atom stereocenters. The third kappa shape index (κ3) is 3.84. The number of rotatable bonds is 5. The van der Waals surface area contributed by atoms with Crippen molar-refractivity contribution in [3.05, 3.63) is 34.9 Å². The van der Waals surface area contributed by atoms with Gasteiger partial charge in [-0.15, -0.1) is 0 Å². The molecule has 0 aliphatic heterocycles. The fourth-order valence-corrected chi connectivity index (χ4v) is 3.06. The van der Waals surface area contributed by atoms with E-state index in [1.54, 1.807) is 6.07 Å². The van der Waals surface area contributed by atoms with E-state index in [1.165, 1.54) is 12.8 Å². The molecule has 0 saturated heterocycles. The number of amides is 1. The van der Waals surface area contributed by atoms with Gasteiger partial charge in [0.25, 0.3) is 0 Å². The summed E-state index contributed by atoms with van der Waals surface area (Å²) in [7, 11) is 0. The SMILES string of the molecule is Cc1cccc(C(NC(=O)CC2CCCC2)C(=O)O)c1C. The van der Waals surface area contributed by atoms with Crippen LogP contribution in [0.1, 0.15) is 54.8 Å². The van der Waals surface area contributed by atoms with E-state index in [-0.39, 0.29) is 5.91 Å². The molecule has 0 aromatic heterocycles. The first-order valence-electron chi connectivity index (χ1n) is 7.57. The molecule has 1 atom stereocenters. The van der Waals surface area contributed by atoms with E-state index in [9.17, 15) is 14.7 Å². The summed E-state index contributed by atoms with van der Waals surface area (Å²) >= 11 is 0. The summed E-state index contributed by atoms with van der Waals surface area (Å²) in [4.78, 5) is 23.6. The van der Waals surface area contributed by atoms with Crippen LogP contribution in [0.4, 0.5) is 0 Å². The number of benzene rings is 1. The molecule has 4 nitrogen and oxygen atoms in total. The van der Waals surface area contributed by atoms with E-state index in [1.807, 2.05) is 26.0 Å². The van der Waals surface area contributed by atoms with Crippen molar-refractivity contribution in [1.29, 1.82) is 0 Å². The van der Waals surface area contributed by atoms with Crippen molar-refractivity contribution < 1.29 is 14.7 Å². The Hall–Kier alpha value is -1.84. The lowest BCUT2D eigenvalue weighted by Gasteiger charge is -2.19. The Labute approximate surface area is 125 Å². The molecule has 1 amide bonds. The summed E-state index contributed by atoms with van der Waals surface area (Å²) in [5.74, 6) is -0.753. The lowest BCUT2D eigenvalue weighted by Crippen LogP contribution is -2.35. The molecule has 2 N–H and O–H groups in total. The number of hydrogen-bond acceptors (Lipinski definition) is 2. The molecule has 2 rings (SSSR count). The van der Waals surface area contributed by atoms with Gasteiger partial charge >= 0.3 is 5.97 Å². The van der Waals surface area contributed by atoms with Crippen molar-refractivity contribution in [2.24, 2.45) is 5.92 Å². The average Bonchev–Trinajstić information content (AvgIpc) is 2.92. The Morgan fingerprint density at radius 1 is 1.29 bits per heavy atom. The zero-order valence-electron chi connectivity index (χ0n) is 12.7. The summed E-state index contributed by atoms with van der Waals surface area (Å²) in [6, 6.07) is 4.59. The summed E-state index contributed by atoms with van der Waals surface area (Å²) in [5, 5.41) is 12.1. The van der Waals surface area contributed by atoms with Crippen molar-refractivity contribution in [3.63, 3.8) is 0 Å². The maximum atomic E-state index is 12.1. The molecule has 0 bridgehead atoms. The van der Waals surface area contributed by atoms with Crippen LogP contribution in [0.25, 0.3) is 0 Å². The minimum Gasteiger partial charge on any atom is -0.479 e. The minimum absolute atomic E-state index is 0.157. The molecule has 0 radical (unpaired) electrons. The fourth-order valence-electron chi connectivity index (χ4n) is 3.06. The van der Waals surface area contributed by atoms with Crippen LogP contribution in [-0.4, -0.2) is 17.0 Å². The smallest absolute Gasteiger partial charge is 0.330 e. The Balaban J connectivity index is 2.10. The van der Waals surface area contributed by atoms with Crippen molar-refractivity contribution in [2.75, 3.05) is 0 Å². The highest BCUT2D eigenvalue weighted by Gasteiger charge is 2.26. The van der Waals surface area contributed by atoms with Gasteiger partial charge in [0.15, 0.2) is 6.04 Å². The first-order valence-corrected chi connectivity index (χ1v) is 7.57. The number of carboxylic acid groups (broad SMARTS) is 1. The summed E-state index contributed by atoms with van der Waals surface area (Å²) in [5.41, 5.74) is 2.62. The van der Waals surface area contributed by atoms with Crippen molar-refractivity contribution in [2.45, 2.75) is 52.0 Å². The Morgan fingerprint density at radius 2 is 1.95 bits per heavy atom. The molecule has 114 valence electrons. The third-order valence-corrected chi connectivity index (χ3v) is 4.46. The third-order valence-electron chi connectivity index (χ3n) is 4.46. The first kappa shape index (κ1) is 15.5. The molecule has 1 saturated carbocycles. The van der Waals surface area contributed by atoms with Gasteiger partial charge in [0.2, 0.25) is 5.91 Å². The summed E-state index contributed by atoms with van der Waals surface area (Å²) < 4.78 is 0. The van der Waals surface area contributed by atoms with Crippen LogP contribution < -0.4 is 5.32 Å². The van der Waals surface area contributed by atoms with Crippen LogP contribution in [0.2, 0.25) is 0 Å². The van der Waals surface area contributed by atoms with Gasteiger partial charge in [-0.25, -0.2) is 4.79 Å². The van der Waals surface area contributed by atoms with Crippen molar-refractivity contribution >= 4 is 11.9 Å². The number of aryl methyl sites for hydroxylation is 1. The second-order valence-electron chi connectivity index (χ2n) is 5.98. The van der Waals surface area contributed by atoms with E-state index in [0.29, 0.717) is 17.9 Å². The zero-order chi connectivity index (χ0) is 15.4. The topological polar surface area (TPSA) is 66.4 Å². The largest absolute Gasteiger partial charge is 0.479 e. The van der Waals surface area contributed by atoms with Gasteiger partial charge in [-0.1, -0.05) is 31.0 Å². The fraction of sp³-hybridized carbons (Fsp3) is 0.529. The van der Waals surface area contributed by atoms with Gasteiger partial charge in [0.05, 0.1) is 0 Å². The van der Waals surface area contributed by atoms with Gasteiger partial charge in [0, 0.05) is 6.42 Å². The van der Waals surface area contributed by atoms with E-state index >= 15 is 0 Å². The Bertz CT molecular complexity index is 533. The number of nitrogens with one attached hydrogen (secondary N) is 1. The normalized spacial score (nSPS) is 16.7. The molecular weight excluding hydrogens is 266 g/mol. The second kappa shape index (κ2) is 6.74. The maximum Gasteiger partial charge on any atom is 0.330 e. The number of aliphatic carboxylic acids is 1. The minimum atomic E-state index is -1.01. The van der Waals surface area contributed by atoms with E-state index in [2.05, 4.69) is 5.32 Å². The van der Waals surface area contributed by atoms with Crippen LogP contribution in [-0.2, 0) is 9.59 Å². The highest BCUT2D eigenvalue weighted by Crippen LogP contribution is 2.28. The maximum absolute atomic E-state index is 12.1. The van der Waals surface area contributed by atoms with Crippen LogP contribution >= 0.6 is 0 Å². The number of hydrogen-bond donors (Lipinski definition) is 2. The van der Waals surface area contributed by atoms with E-state index in [0.717, 1.165) is 24.0 Å². The van der Waals surface area contributed by atoms with Gasteiger partial charge in [-0.3, -0.25) is 4.79 Å². The first-order chi connectivity index (χ1) is 9.99. The molecule has 0 spiro atoms. The van der Waals surface area contributed by atoms with E-state index in [4.69, 9.17) is 0 Å². The quantitative estimate of drug-likeness (QED) is 0.875. The standard InChI is InChI=1S/C17H23NO3/c1-11-6-5-9-14(12(11)2)16(17(20)21)18-15(19)10-13-7-3-4-8-13/h5-6,9,13,16H,3-4,7-8,10H2,1-2H3,(H,18,19)(H,20,21). The van der Waals surface area contributed by atoms with E-state index < -0.39 is 12.0 Å². The number of carbonyl (C=O) groups excluding carboxylic acids is 1. The number of carboxylic acids is 1. The molecule has 21 heavy (non-hydrogen) atoms. The molecule has 0 heterocycles. The predicted molar refractivity (Wildman–Crippen MR) is 81.0 cm³/mol. The lowest BCUT2D eigenvalue weighted by atomic mass is 9.96. The highest BCUT2D eigenvalue weighted by atomic mass is 16.4. The summed E-state index contributed by atoms with van der Waals surface area (Å²) in [6.07, 6.45) is 4.95. The molecule has 1 aliphatic carbocycles. The van der Waals surface area contributed by atoms with Gasteiger partial charge in [-0.05, 0) is 49.3 Å². The Kier molecular flexibility index (Phi) is 4.99. The Morgan fingerprint density at radius 3 is 2.57 bits per heavy atom. The molecular formula is C17H23NO3. The average molecular weight is 289 g/mol. The van der Waals surface area contributed by atoms with Crippen molar-refractivity contribution in [3.8, 4) is 0 Å². The molecule has 1 fully saturated rings. The van der Waals surface area contributed by atoms with Crippen molar-refractivity contribution in [1.82, 2.24) is 5.32 Å². The second-order valence-corrected chi connectivity index (χ2v) is 5.98. The zero-order valence-corrected chi connectivity index (χ0v) is 12.7. The van der Waals surface area contributed by atoms with Crippen LogP contribution in [0.15, 0.2) is 18.2 Å². The van der Waals surface area contributed by atoms with Gasteiger partial charge < -0.3 is 10.4 Å². The van der Waals surface area contributed by atoms with Crippen LogP contribution in [0.5, 0.6) is 0 Å². The lowest BCUT2D eigenvalue weighted by molar-refractivity contribution is -0.142.